The molecular weight excluding hydrogens is 302 g/mol. The summed E-state index contributed by atoms with van der Waals surface area (Å²) in [5, 5.41) is 10.5. The maximum absolute atomic E-state index is 12.6. The van der Waals surface area contributed by atoms with Gasteiger partial charge in [-0.3, -0.25) is 4.79 Å². The molecule has 24 heavy (non-hydrogen) atoms. The average Bonchev–Trinajstić information content (AvgIpc) is 3.26. The van der Waals surface area contributed by atoms with Gasteiger partial charge in [0, 0.05) is 24.9 Å². The second kappa shape index (κ2) is 6.44. The molecule has 126 valence electrons. The van der Waals surface area contributed by atoms with Crippen LogP contribution in [-0.2, 0) is 4.79 Å². The number of carbonyl (C=O) groups excluding carboxylic acids is 1. The summed E-state index contributed by atoms with van der Waals surface area (Å²) in [6.45, 7) is 1.49. The van der Waals surface area contributed by atoms with E-state index in [-0.39, 0.29) is 23.7 Å². The SMILES string of the molecule is O=C([C@@H]1C[C@H]1c1ccco1)N1CCC([C@@H](O)c2ccccc2)CC1. The van der Waals surface area contributed by atoms with Crippen LogP contribution in [0, 0.1) is 11.8 Å². The summed E-state index contributed by atoms with van der Waals surface area (Å²) in [7, 11) is 0. The van der Waals surface area contributed by atoms with Gasteiger partial charge in [-0.25, -0.2) is 0 Å². The fraction of sp³-hybridized carbons (Fsp3) is 0.450. The zero-order chi connectivity index (χ0) is 16.5. The molecule has 1 aliphatic heterocycles. The van der Waals surface area contributed by atoms with E-state index in [0.29, 0.717) is 0 Å². The molecule has 1 aromatic heterocycles. The zero-order valence-corrected chi connectivity index (χ0v) is 13.7. The summed E-state index contributed by atoms with van der Waals surface area (Å²) in [5.74, 6) is 1.77. The van der Waals surface area contributed by atoms with Gasteiger partial charge in [-0.2, -0.15) is 0 Å². The van der Waals surface area contributed by atoms with Crippen LogP contribution in [-0.4, -0.2) is 29.0 Å². The monoisotopic (exact) mass is 325 g/mol. The number of hydrogen-bond donors (Lipinski definition) is 1. The van der Waals surface area contributed by atoms with Crippen molar-refractivity contribution in [1.82, 2.24) is 4.90 Å². The first-order valence-electron chi connectivity index (χ1n) is 8.79. The lowest BCUT2D eigenvalue weighted by atomic mass is 9.87. The van der Waals surface area contributed by atoms with Gasteiger partial charge in [0.2, 0.25) is 5.91 Å². The van der Waals surface area contributed by atoms with Gasteiger partial charge in [0.1, 0.15) is 5.76 Å². The Bertz CT molecular complexity index is 674. The Morgan fingerprint density at radius 2 is 1.88 bits per heavy atom. The number of aliphatic hydroxyl groups is 1. The van der Waals surface area contributed by atoms with E-state index in [1.165, 1.54) is 0 Å². The third kappa shape index (κ3) is 2.98. The van der Waals surface area contributed by atoms with Crippen molar-refractivity contribution in [2.45, 2.75) is 31.3 Å². The molecule has 0 unspecified atom stereocenters. The molecule has 1 aliphatic carbocycles. The largest absolute Gasteiger partial charge is 0.469 e. The van der Waals surface area contributed by atoms with E-state index < -0.39 is 6.10 Å². The number of benzene rings is 1. The molecule has 1 saturated heterocycles. The van der Waals surface area contributed by atoms with Crippen LogP contribution in [0.1, 0.15) is 42.6 Å². The molecule has 1 saturated carbocycles. The minimum atomic E-state index is -0.430. The van der Waals surface area contributed by atoms with Crippen LogP contribution in [0.5, 0.6) is 0 Å². The standard InChI is InChI=1S/C20H23NO3/c22-19(14-5-2-1-3-6-14)15-8-10-21(11-9-15)20(23)17-13-16(17)18-7-4-12-24-18/h1-7,12,15-17,19,22H,8-11,13H2/t16-,17-,19+/m1/s1. The Morgan fingerprint density at radius 3 is 2.54 bits per heavy atom. The maximum Gasteiger partial charge on any atom is 0.226 e. The average molecular weight is 325 g/mol. The fourth-order valence-electron chi connectivity index (χ4n) is 3.88. The van der Waals surface area contributed by atoms with Gasteiger partial charge in [-0.15, -0.1) is 0 Å². The molecule has 1 N–H and O–H groups in total. The molecule has 2 aliphatic rings. The minimum absolute atomic E-state index is 0.0896. The molecule has 4 rings (SSSR count). The number of amides is 1. The Kier molecular flexibility index (Phi) is 4.15. The molecule has 1 aromatic carbocycles. The van der Waals surface area contributed by atoms with E-state index in [0.717, 1.165) is 43.7 Å². The number of piperidine rings is 1. The summed E-state index contributed by atoms with van der Waals surface area (Å²) in [5.41, 5.74) is 0.974. The van der Waals surface area contributed by atoms with Crippen LogP contribution < -0.4 is 0 Å². The number of aliphatic hydroxyl groups excluding tert-OH is 1. The van der Waals surface area contributed by atoms with Crippen molar-refractivity contribution in [3.63, 3.8) is 0 Å². The van der Waals surface area contributed by atoms with Crippen molar-refractivity contribution in [3.05, 3.63) is 60.1 Å². The van der Waals surface area contributed by atoms with Gasteiger partial charge in [0.05, 0.1) is 12.4 Å². The highest BCUT2D eigenvalue weighted by Crippen LogP contribution is 2.49. The minimum Gasteiger partial charge on any atom is -0.469 e. The van der Waals surface area contributed by atoms with Crippen molar-refractivity contribution < 1.29 is 14.3 Å². The van der Waals surface area contributed by atoms with Gasteiger partial charge in [-0.05, 0) is 42.9 Å². The molecule has 3 atom stereocenters. The Balaban J connectivity index is 1.31. The second-order valence-corrected chi connectivity index (χ2v) is 6.98. The van der Waals surface area contributed by atoms with Crippen LogP contribution in [0.3, 0.4) is 0 Å². The van der Waals surface area contributed by atoms with Crippen LogP contribution in [0.4, 0.5) is 0 Å². The molecule has 2 heterocycles. The van der Waals surface area contributed by atoms with Gasteiger partial charge in [0.25, 0.3) is 0 Å². The highest BCUT2D eigenvalue weighted by molar-refractivity contribution is 5.82. The van der Waals surface area contributed by atoms with Crippen molar-refractivity contribution in [2.24, 2.45) is 11.8 Å². The highest BCUT2D eigenvalue weighted by atomic mass is 16.3. The highest BCUT2D eigenvalue weighted by Gasteiger charge is 2.48. The summed E-state index contributed by atoms with van der Waals surface area (Å²) in [6.07, 6.45) is 3.87. The van der Waals surface area contributed by atoms with Gasteiger partial charge < -0.3 is 14.4 Å². The van der Waals surface area contributed by atoms with Crippen LogP contribution in [0.2, 0.25) is 0 Å². The summed E-state index contributed by atoms with van der Waals surface area (Å²) >= 11 is 0. The maximum atomic E-state index is 12.6. The topological polar surface area (TPSA) is 53.7 Å². The van der Waals surface area contributed by atoms with Crippen molar-refractivity contribution >= 4 is 5.91 Å². The lowest BCUT2D eigenvalue weighted by molar-refractivity contribution is -0.134. The van der Waals surface area contributed by atoms with E-state index in [2.05, 4.69) is 0 Å². The number of carbonyl (C=O) groups is 1. The molecule has 0 bridgehead atoms. The van der Waals surface area contributed by atoms with Crippen molar-refractivity contribution in [1.29, 1.82) is 0 Å². The van der Waals surface area contributed by atoms with Crippen molar-refractivity contribution in [2.75, 3.05) is 13.1 Å². The molecule has 1 amide bonds. The molecule has 2 fully saturated rings. The molecule has 0 radical (unpaired) electrons. The van der Waals surface area contributed by atoms with Gasteiger partial charge >= 0.3 is 0 Å². The first kappa shape index (κ1) is 15.5. The van der Waals surface area contributed by atoms with Crippen molar-refractivity contribution in [3.8, 4) is 0 Å². The fourth-order valence-corrected chi connectivity index (χ4v) is 3.88. The summed E-state index contributed by atoms with van der Waals surface area (Å²) < 4.78 is 5.42. The van der Waals surface area contributed by atoms with E-state index >= 15 is 0 Å². The Hall–Kier alpha value is -2.07. The van der Waals surface area contributed by atoms with Crippen LogP contribution in [0.15, 0.2) is 53.1 Å². The number of nitrogens with zero attached hydrogens (tertiary/aromatic N) is 1. The smallest absolute Gasteiger partial charge is 0.226 e. The van der Waals surface area contributed by atoms with E-state index in [9.17, 15) is 9.90 Å². The number of furan rings is 1. The zero-order valence-electron chi connectivity index (χ0n) is 13.7. The summed E-state index contributed by atoms with van der Waals surface area (Å²) in [6, 6.07) is 13.7. The quantitative estimate of drug-likeness (QED) is 0.938. The Morgan fingerprint density at radius 1 is 1.12 bits per heavy atom. The molecule has 2 aromatic rings. The number of likely N-dealkylation sites (tertiary alicyclic amines) is 1. The third-order valence-electron chi connectivity index (χ3n) is 5.46. The number of hydrogen-bond acceptors (Lipinski definition) is 3. The van der Waals surface area contributed by atoms with Gasteiger partial charge in [0.15, 0.2) is 0 Å². The third-order valence-corrected chi connectivity index (χ3v) is 5.46. The van der Waals surface area contributed by atoms with E-state index in [1.54, 1.807) is 6.26 Å². The lowest BCUT2D eigenvalue weighted by Crippen LogP contribution is -2.40. The molecular formula is C20H23NO3. The van der Waals surface area contributed by atoms with Crippen LogP contribution >= 0.6 is 0 Å². The van der Waals surface area contributed by atoms with E-state index in [4.69, 9.17) is 4.42 Å². The lowest BCUT2D eigenvalue weighted by Gasteiger charge is -2.34. The predicted molar refractivity (Wildman–Crippen MR) is 90.3 cm³/mol. The summed E-state index contributed by atoms with van der Waals surface area (Å²) in [4.78, 5) is 14.6. The van der Waals surface area contributed by atoms with E-state index in [1.807, 2.05) is 47.4 Å². The molecule has 0 spiro atoms. The molecule has 4 heteroatoms. The number of rotatable bonds is 4. The normalized spacial score (nSPS) is 25.5. The second-order valence-electron chi connectivity index (χ2n) is 6.98. The first-order valence-corrected chi connectivity index (χ1v) is 8.79. The predicted octanol–water partition coefficient (Wildman–Crippen LogP) is 3.36. The van der Waals surface area contributed by atoms with Crippen LogP contribution in [0.25, 0.3) is 0 Å². The first-order chi connectivity index (χ1) is 11.7. The molecule has 4 nitrogen and oxygen atoms in total. The van der Waals surface area contributed by atoms with Gasteiger partial charge in [-0.1, -0.05) is 30.3 Å². The Labute approximate surface area is 142 Å².